The second-order valence-corrected chi connectivity index (χ2v) is 4.60. The van der Waals surface area contributed by atoms with E-state index in [0.717, 1.165) is 36.6 Å². The van der Waals surface area contributed by atoms with E-state index in [1.54, 1.807) is 0 Å². The van der Waals surface area contributed by atoms with E-state index in [9.17, 15) is 4.79 Å². The standard InChI is InChI=1S/C12H18N4O/c1-8-6-9(2)15-12(14-8)10-4-3-5-16(10)7-11(13)17/h6,10H,3-5,7H2,1-2H3,(H2,13,17)/t10-/m0/s1. The van der Waals surface area contributed by atoms with Gasteiger partial charge in [0, 0.05) is 11.4 Å². The van der Waals surface area contributed by atoms with E-state index >= 15 is 0 Å². The third-order valence-corrected chi connectivity index (χ3v) is 3.02. The maximum Gasteiger partial charge on any atom is 0.231 e. The fourth-order valence-corrected chi connectivity index (χ4v) is 2.41. The molecule has 0 bridgehead atoms. The van der Waals surface area contributed by atoms with Gasteiger partial charge in [0.25, 0.3) is 0 Å². The van der Waals surface area contributed by atoms with E-state index in [0.29, 0.717) is 6.54 Å². The van der Waals surface area contributed by atoms with Gasteiger partial charge < -0.3 is 5.73 Å². The van der Waals surface area contributed by atoms with Crippen LogP contribution >= 0.6 is 0 Å². The Morgan fingerprint density at radius 3 is 2.71 bits per heavy atom. The number of likely N-dealkylation sites (tertiary alicyclic amines) is 1. The van der Waals surface area contributed by atoms with Crippen molar-refractivity contribution in [2.24, 2.45) is 5.73 Å². The van der Waals surface area contributed by atoms with E-state index in [4.69, 9.17) is 5.73 Å². The average Bonchev–Trinajstić information content (AvgIpc) is 2.63. The Hall–Kier alpha value is -1.49. The lowest BCUT2D eigenvalue weighted by Crippen LogP contribution is -2.34. The molecule has 0 spiro atoms. The third kappa shape index (κ3) is 2.79. The fourth-order valence-electron chi connectivity index (χ4n) is 2.41. The molecule has 1 aliphatic rings. The van der Waals surface area contributed by atoms with Crippen LogP contribution in [0, 0.1) is 13.8 Å². The molecule has 0 aromatic carbocycles. The highest BCUT2D eigenvalue weighted by molar-refractivity contribution is 5.76. The minimum atomic E-state index is -0.290. The molecule has 1 aromatic rings. The predicted molar refractivity (Wildman–Crippen MR) is 64.2 cm³/mol. The quantitative estimate of drug-likeness (QED) is 0.836. The van der Waals surface area contributed by atoms with E-state index in [-0.39, 0.29) is 11.9 Å². The van der Waals surface area contributed by atoms with Crippen molar-refractivity contribution in [3.63, 3.8) is 0 Å². The van der Waals surface area contributed by atoms with Gasteiger partial charge in [0.1, 0.15) is 5.82 Å². The summed E-state index contributed by atoms with van der Waals surface area (Å²) >= 11 is 0. The summed E-state index contributed by atoms with van der Waals surface area (Å²) in [5.74, 6) is 0.530. The van der Waals surface area contributed by atoms with Crippen molar-refractivity contribution < 1.29 is 4.79 Å². The maximum absolute atomic E-state index is 11.0. The molecule has 92 valence electrons. The second-order valence-electron chi connectivity index (χ2n) is 4.60. The molecule has 1 aliphatic heterocycles. The van der Waals surface area contributed by atoms with Crippen LogP contribution in [0.1, 0.15) is 36.1 Å². The average molecular weight is 234 g/mol. The third-order valence-electron chi connectivity index (χ3n) is 3.02. The topological polar surface area (TPSA) is 72.1 Å². The van der Waals surface area contributed by atoms with Crippen LogP contribution in [-0.2, 0) is 4.79 Å². The summed E-state index contributed by atoms with van der Waals surface area (Å²) in [4.78, 5) is 22.0. The number of primary amides is 1. The monoisotopic (exact) mass is 234 g/mol. The summed E-state index contributed by atoms with van der Waals surface area (Å²) in [7, 11) is 0. The van der Waals surface area contributed by atoms with Gasteiger partial charge in [-0.3, -0.25) is 9.69 Å². The van der Waals surface area contributed by atoms with Crippen LogP contribution in [0.15, 0.2) is 6.07 Å². The SMILES string of the molecule is Cc1cc(C)nc([C@@H]2CCCN2CC(N)=O)n1. The van der Waals surface area contributed by atoms with Gasteiger partial charge in [0.2, 0.25) is 5.91 Å². The molecule has 0 aliphatic carbocycles. The summed E-state index contributed by atoms with van der Waals surface area (Å²) in [5.41, 5.74) is 7.19. The summed E-state index contributed by atoms with van der Waals surface area (Å²) < 4.78 is 0. The molecule has 1 aromatic heterocycles. The molecule has 1 atom stereocenters. The largest absolute Gasteiger partial charge is 0.369 e. The summed E-state index contributed by atoms with van der Waals surface area (Å²) in [6.45, 7) is 5.11. The highest BCUT2D eigenvalue weighted by Gasteiger charge is 2.29. The van der Waals surface area contributed by atoms with Gasteiger partial charge in [-0.05, 0) is 39.3 Å². The number of hydrogen-bond acceptors (Lipinski definition) is 4. The van der Waals surface area contributed by atoms with Crippen molar-refractivity contribution in [2.75, 3.05) is 13.1 Å². The first-order chi connectivity index (χ1) is 8.06. The van der Waals surface area contributed by atoms with Gasteiger partial charge in [0.05, 0.1) is 12.6 Å². The molecule has 5 nitrogen and oxygen atoms in total. The highest BCUT2D eigenvalue weighted by Crippen LogP contribution is 2.29. The molecule has 2 heterocycles. The molecule has 5 heteroatoms. The van der Waals surface area contributed by atoms with Crippen LogP contribution in [0.4, 0.5) is 0 Å². The highest BCUT2D eigenvalue weighted by atomic mass is 16.1. The van der Waals surface area contributed by atoms with Crippen LogP contribution in [0.25, 0.3) is 0 Å². The molecular weight excluding hydrogens is 216 g/mol. The Morgan fingerprint density at radius 2 is 2.12 bits per heavy atom. The Labute approximate surface area is 101 Å². The second kappa shape index (κ2) is 4.79. The van der Waals surface area contributed by atoms with Crippen molar-refractivity contribution in [2.45, 2.75) is 32.7 Å². The summed E-state index contributed by atoms with van der Waals surface area (Å²) in [6, 6.07) is 2.10. The minimum Gasteiger partial charge on any atom is -0.369 e. The number of aromatic nitrogens is 2. The van der Waals surface area contributed by atoms with Crippen LogP contribution in [0.5, 0.6) is 0 Å². The zero-order valence-electron chi connectivity index (χ0n) is 10.3. The van der Waals surface area contributed by atoms with E-state index in [1.807, 2.05) is 19.9 Å². The minimum absolute atomic E-state index is 0.140. The Balaban J connectivity index is 2.22. The van der Waals surface area contributed by atoms with Gasteiger partial charge in [-0.25, -0.2) is 9.97 Å². The lowest BCUT2D eigenvalue weighted by Gasteiger charge is -2.22. The van der Waals surface area contributed by atoms with E-state index < -0.39 is 0 Å². The molecule has 17 heavy (non-hydrogen) atoms. The number of nitrogens with two attached hydrogens (primary N) is 1. The van der Waals surface area contributed by atoms with Crippen molar-refractivity contribution in [1.82, 2.24) is 14.9 Å². The molecule has 0 unspecified atom stereocenters. The summed E-state index contributed by atoms with van der Waals surface area (Å²) in [5, 5.41) is 0. The van der Waals surface area contributed by atoms with Gasteiger partial charge in [-0.2, -0.15) is 0 Å². The van der Waals surface area contributed by atoms with Crippen LogP contribution in [-0.4, -0.2) is 33.9 Å². The van der Waals surface area contributed by atoms with Gasteiger partial charge in [0.15, 0.2) is 0 Å². The van der Waals surface area contributed by atoms with Gasteiger partial charge in [-0.15, -0.1) is 0 Å². The number of nitrogens with zero attached hydrogens (tertiary/aromatic N) is 3. The van der Waals surface area contributed by atoms with Crippen molar-refractivity contribution in [3.05, 3.63) is 23.3 Å². The molecule has 1 amide bonds. The molecular formula is C12H18N4O. The van der Waals surface area contributed by atoms with E-state index in [2.05, 4.69) is 14.9 Å². The van der Waals surface area contributed by atoms with Gasteiger partial charge in [-0.1, -0.05) is 0 Å². The van der Waals surface area contributed by atoms with Crippen molar-refractivity contribution in [3.8, 4) is 0 Å². The van der Waals surface area contributed by atoms with E-state index in [1.165, 1.54) is 0 Å². The van der Waals surface area contributed by atoms with Crippen molar-refractivity contribution in [1.29, 1.82) is 0 Å². The molecule has 1 fully saturated rings. The zero-order chi connectivity index (χ0) is 12.4. The Bertz CT molecular complexity index is 412. The number of aryl methyl sites for hydroxylation is 2. The van der Waals surface area contributed by atoms with Gasteiger partial charge >= 0.3 is 0 Å². The first-order valence-corrected chi connectivity index (χ1v) is 5.91. The maximum atomic E-state index is 11.0. The fraction of sp³-hybridized carbons (Fsp3) is 0.583. The lowest BCUT2D eigenvalue weighted by atomic mass is 10.2. The number of amides is 1. The van der Waals surface area contributed by atoms with Crippen LogP contribution in [0.2, 0.25) is 0 Å². The van der Waals surface area contributed by atoms with Crippen molar-refractivity contribution >= 4 is 5.91 Å². The summed E-state index contributed by atoms with van der Waals surface area (Å²) in [6.07, 6.45) is 2.06. The zero-order valence-corrected chi connectivity index (χ0v) is 10.3. The predicted octanol–water partition coefficient (Wildman–Crippen LogP) is 0.716. The Morgan fingerprint density at radius 1 is 1.47 bits per heavy atom. The first kappa shape index (κ1) is 12.0. The number of carbonyl (C=O) groups is 1. The lowest BCUT2D eigenvalue weighted by molar-refractivity contribution is -0.119. The Kier molecular flexibility index (Phi) is 3.38. The molecule has 0 radical (unpaired) electrons. The van der Waals surface area contributed by atoms with Crippen LogP contribution in [0.3, 0.4) is 0 Å². The smallest absolute Gasteiger partial charge is 0.231 e. The number of carbonyl (C=O) groups excluding carboxylic acids is 1. The normalized spacial score (nSPS) is 20.7. The first-order valence-electron chi connectivity index (χ1n) is 5.91. The number of rotatable bonds is 3. The molecule has 1 saturated heterocycles. The van der Waals surface area contributed by atoms with Crippen LogP contribution < -0.4 is 5.73 Å². The number of hydrogen-bond donors (Lipinski definition) is 1. The molecule has 0 saturated carbocycles. The molecule has 2 N–H and O–H groups in total. The molecule has 2 rings (SSSR count).